The van der Waals surface area contributed by atoms with Crippen molar-refractivity contribution in [3.05, 3.63) is 212 Å². The summed E-state index contributed by atoms with van der Waals surface area (Å²) in [6, 6.07) is 33.6. The Morgan fingerprint density at radius 3 is 0.941 bits per heavy atom. The maximum absolute atomic E-state index is 6.14. The van der Waals surface area contributed by atoms with Crippen LogP contribution in [0.5, 0.6) is 0 Å². The summed E-state index contributed by atoms with van der Waals surface area (Å²) in [6.07, 6.45) is 16.6. The number of pyridine rings is 4. The molecule has 20 nitrogen and oxygen atoms in total. The lowest BCUT2D eigenvalue weighted by atomic mass is 9.96. The first-order valence-electron chi connectivity index (χ1n) is 35.2. The number of hydrogen-bond acceptors (Lipinski definition) is 16. The monoisotopic (exact) mass is 1400 g/mol. The number of piperazine rings is 3. The molecule has 22 heteroatoms. The Kier molecular flexibility index (Phi) is 22.0. The molecule has 8 aromatic heterocycles. The number of hydrogen-bond donors (Lipinski definition) is 6. The number of benzene rings is 4. The smallest absolute Gasteiger partial charge is 0.138 e. The largest absolute Gasteiger partial charge is 0.378 e. The third kappa shape index (κ3) is 15.3. The summed E-state index contributed by atoms with van der Waals surface area (Å²) in [5.41, 5.74) is 49.2. The van der Waals surface area contributed by atoms with Crippen molar-refractivity contribution >= 4 is 69.1 Å². The number of ether oxygens (including phenoxy) is 1. The lowest BCUT2D eigenvalue weighted by Crippen LogP contribution is -2.44. The third-order valence-corrected chi connectivity index (χ3v) is 20.5. The molecule has 526 valence electrons. The molecule has 12 heterocycles. The van der Waals surface area contributed by atoms with E-state index in [4.69, 9.17) is 50.9 Å². The van der Waals surface area contributed by atoms with Gasteiger partial charge in [-0.3, -0.25) is 17.6 Å². The van der Waals surface area contributed by atoms with Gasteiger partial charge in [0.2, 0.25) is 0 Å². The fourth-order valence-electron chi connectivity index (χ4n) is 14.5. The predicted molar refractivity (Wildman–Crippen MR) is 415 cm³/mol. The molecule has 0 spiro atoms. The van der Waals surface area contributed by atoms with Gasteiger partial charge in [0.25, 0.3) is 0 Å². The van der Waals surface area contributed by atoms with Crippen molar-refractivity contribution in [2.24, 2.45) is 22.9 Å². The van der Waals surface area contributed by atoms with E-state index < -0.39 is 0 Å². The second-order valence-electron chi connectivity index (χ2n) is 27.0. The summed E-state index contributed by atoms with van der Waals surface area (Å²) in [6.45, 7) is 30.2. The molecular formula is C79H95Cl2N19O. The zero-order valence-corrected chi connectivity index (χ0v) is 60.8. The van der Waals surface area contributed by atoms with Gasteiger partial charge < -0.3 is 62.8 Å². The Hall–Kier alpha value is -8.90. The minimum absolute atomic E-state index is 0.476. The first kappa shape index (κ1) is 70.5. The molecule has 0 radical (unpaired) electrons. The molecule has 0 amide bonds. The Balaban J connectivity index is 0.000000120. The number of aryl methyl sites for hydroxylation is 6. The van der Waals surface area contributed by atoms with E-state index >= 15 is 0 Å². The number of likely N-dealkylation sites (N-methyl/N-ethyl adjacent to an activating group) is 1. The van der Waals surface area contributed by atoms with E-state index in [1.165, 1.54) is 44.5 Å². The first-order chi connectivity index (χ1) is 49.1. The molecule has 12 aromatic rings. The number of morpholine rings is 1. The average molecular weight is 1400 g/mol. The van der Waals surface area contributed by atoms with Crippen molar-refractivity contribution in [2.75, 3.05) is 131 Å². The first-order valence-corrected chi connectivity index (χ1v) is 36.0. The van der Waals surface area contributed by atoms with Crippen molar-refractivity contribution in [1.82, 2.24) is 53.1 Å². The highest BCUT2D eigenvalue weighted by atomic mass is 35.5. The van der Waals surface area contributed by atoms with E-state index in [1.54, 1.807) is 0 Å². The number of rotatable bonds is 12. The van der Waals surface area contributed by atoms with Crippen LogP contribution in [0.1, 0.15) is 55.6 Å². The molecule has 0 unspecified atom stereocenters. The summed E-state index contributed by atoms with van der Waals surface area (Å²) >= 11 is 12.3. The maximum Gasteiger partial charge on any atom is 0.138 e. The number of nitrogens with two attached hydrogens (primary N) is 4. The van der Waals surface area contributed by atoms with Crippen LogP contribution < -0.4 is 53.2 Å². The van der Waals surface area contributed by atoms with Crippen molar-refractivity contribution in [3.8, 4) is 44.5 Å². The highest BCUT2D eigenvalue weighted by molar-refractivity contribution is 6.31. The van der Waals surface area contributed by atoms with E-state index in [9.17, 15) is 0 Å². The van der Waals surface area contributed by atoms with Gasteiger partial charge in [0.1, 0.15) is 45.9 Å². The molecule has 16 rings (SSSR count). The van der Waals surface area contributed by atoms with Gasteiger partial charge in [-0.15, -0.1) is 0 Å². The highest BCUT2D eigenvalue weighted by Crippen LogP contribution is 2.36. The lowest BCUT2D eigenvalue weighted by molar-refractivity contribution is 0.122. The average Bonchev–Trinajstić information content (AvgIpc) is 1.71. The predicted octanol–water partition coefficient (Wildman–Crippen LogP) is 11.4. The van der Waals surface area contributed by atoms with E-state index in [1.807, 2.05) is 49.1 Å². The topological polar surface area (TPSA) is 223 Å². The minimum atomic E-state index is 0.476. The van der Waals surface area contributed by atoms with E-state index in [2.05, 4.69) is 219 Å². The number of nitrogens with zero attached hydrogens (tertiary/aromatic N) is 13. The maximum atomic E-state index is 6.14. The molecule has 4 aliphatic heterocycles. The van der Waals surface area contributed by atoms with Gasteiger partial charge in [0.05, 0.1) is 38.0 Å². The van der Waals surface area contributed by atoms with Gasteiger partial charge in [-0.25, -0.2) is 19.9 Å². The minimum Gasteiger partial charge on any atom is -0.378 e. The van der Waals surface area contributed by atoms with Crippen LogP contribution in [-0.4, -0.2) is 154 Å². The summed E-state index contributed by atoms with van der Waals surface area (Å²) < 4.78 is 14.2. The van der Waals surface area contributed by atoms with Crippen LogP contribution in [0.3, 0.4) is 0 Å². The van der Waals surface area contributed by atoms with Gasteiger partial charge in [0, 0.05) is 175 Å². The molecule has 10 N–H and O–H groups in total. The second-order valence-corrected chi connectivity index (χ2v) is 27.8. The van der Waals surface area contributed by atoms with Crippen LogP contribution in [0, 0.1) is 41.5 Å². The molecule has 0 atom stereocenters. The van der Waals surface area contributed by atoms with Gasteiger partial charge >= 0.3 is 0 Å². The number of imidazole rings is 4. The number of anilines is 4. The standard InChI is InChI=1S/C20H24ClN5.C20H25N5.C20H24N4O.C19H22ClN5/c1-14-9-16(21)3-4-17(14)18-13-26-19(10-15(18)11-22)23-12-20(26)25-7-5-24(2)6-8-25;1-14-3-4-17(15(2)9-14)18-13-25-19(10-16(18)11-21)23-12-20(25)24-7-5-22-6-8-24;1-14-3-4-17(15(2)9-14)18-13-24-19(10-16(18)11-21)22-12-20(24)23-5-7-25-8-6-23;1-13-8-15(20)2-3-16(13)17-12-25-18(9-14(17)10-21)23-11-19(25)24-6-4-22-5-7-24/h3-4,9-10,12-13H,5-8,11,22H2,1-2H3;3-4,9-10,12-13,22H,5-8,11,21H2,1-2H3;3-4,9-10,12-13H,5-8,11,21H2,1-2H3;2-3,8-9,11-12,22H,4-7,10,21H2,1H3. The lowest BCUT2D eigenvalue weighted by Gasteiger charge is -2.33. The fraction of sp³-hybridized carbons (Fsp3) is 0.342. The molecule has 0 saturated carbocycles. The van der Waals surface area contributed by atoms with Gasteiger partial charge in [-0.1, -0.05) is 82.9 Å². The quantitative estimate of drug-likeness (QED) is 0.0669. The molecule has 4 aromatic carbocycles. The molecule has 4 fully saturated rings. The van der Waals surface area contributed by atoms with Crippen molar-refractivity contribution < 1.29 is 4.74 Å². The van der Waals surface area contributed by atoms with Crippen LogP contribution in [0.15, 0.2) is 147 Å². The van der Waals surface area contributed by atoms with Crippen LogP contribution in [0.2, 0.25) is 10.0 Å². The SMILES string of the molecule is Cc1cc(Cl)ccc1-c1cn2c(N3CCN(C)CC3)cnc2cc1CN.Cc1cc(Cl)ccc1-c1cn2c(N3CCNCC3)cnc2cc1CN.Cc1ccc(-c2cn3c(N4CCNCC4)cnc3cc2CN)c(C)c1.Cc1ccc(-c2cn3c(N4CCOCC4)cnc3cc2CN)c(C)c1. The Bertz CT molecular complexity index is 4530. The highest BCUT2D eigenvalue weighted by Gasteiger charge is 2.24. The second kappa shape index (κ2) is 31.6. The molecule has 4 saturated heterocycles. The summed E-state index contributed by atoms with van der Waals surface area (Å²) in [7, 11) is 2.17. The number of fused-ring (bicyclic) bond motifs is 4. The Morgan fingerprint density at radius 1 is 0.356 bits per heavy atom. The normalized spacial score (nSPS) is 15.3. The van der Waals surface area contributed by atoms with E-state index in [-0.39, 0.29) is 0 Å². The summed E-state index contributed by atoms with van der Waals surface area (Å²) in [5, 5.41) is 8.30. The zero-order valence-electron chi connectivity index (χ0n) is 59.3. The summed E-state index contributed by atoms with van der Waals surface area (Å²) in [4.78, 5) is 30.3. The van der Waals surface area contributed by atoms with Crippen LogP contribution in [0.25, 0.3) is 67.1 Å². The fourth-order valence-corrected chi connectivity index (χ4v) is 14.9. The molecule has 4 aliphatic rings. The van der Waals surface area contributed by atoms with Gasteiger partial charge in [0.15, 0.2) is 0 Å². The zero-order chi connectivity index (χ0) is 70.4. The van der Waals surface area contributed by atoms with E-state index in [0.717, 1.165) is 216 Å². The van der Waals surface area contributed by atoms with Crippen LogP contribution in [-0.2, 0) is 30.9 Å². The van der Waals surface area contributed by atoms with Crippen molar-refractivity contribution in [3.63, 3.8) is 0 Å². The molecule has 101 heavy (non-hydrogen) atoms. The van der Waals surface area contributed by atoms with Gasteiger partial charge in [-0.2, -0.15) is 0 Å². The molecular weight excluding hydrogens is 1300 g/mol. The van der Waals surface area contributed by atoms with Crippen LogP contribution in [0.4, 0.5) is 23.3 Å². The Labute approximate surface area is 602 Å². The van der Waals surface area contributed by atoms with E-state index in [0.29, 0.717) is 26.2 Å². The third-order valence-electron chi connectivity index (χ3n) is 20.1. The number of aromatic nitrogens is 8. The Morgan fingerprint density at radius 2 is 0.644 bits per heavy atom. The summed E-state index contributed by atoms with van der Waals surface area (Å²) in [5.74, 6) is 4.55. The van der Waals surface area contributed by atoms with Crippen LogP contribution >= 0.6 is 23.2 Å². The number of nitrogens with one attached hydrogen (secondary N) is 2. The number of halogens is 2. The molecule has 0 aliphatic carbocycles. The van der Waals surface area contributed by atoms with Crippen molar-refractivity contribution in [2.45, 2.75) is 67.7 Å². The van der Waals surface area contributed by atoms with Gasteiger partial charge in [-0.05, 0) is 164 Å². The van der Waals surface area contributed by atoms with Crippen molar-refractivity contribution in [1.29, 1.82) is 0 Å². The molecule has 0 bridgehead atoms.